The number of aliphatic hydroxyl groups excluding tert-OH is 1. The van der Waals surface area contributed by atoms with E-state index in [9.17, 15) is 32.7 Å². The summed E-state index contributed by atoms with van der Waals surface area (Å²) in [5.41, 5.74) is -1.55. The Morgan fingerprint density at radius 2 is 1.54 bits per heavy atom. The van der Waals surface area contributed by atoms with Gasteiger partial charge in [0, 0.05) is 18.1 Å². The molecule has 50 heavy (non-hydrogen) atoms. The third kappa shape index (κ3) is 10.5. The number of sulfone groups is 1. The molecule has 13 heteroatoms. The Kier molecular flexibility index (Phi) is 12.9. The molecule has 4 fully saturated rings. The Balaban J connectivity index is 1.54. The highest BCUT2D eigenvalue weighted by Gasteiger charge is 2.49. The van der Waals surface area contributed by atoms with Crippen LogP contribution in [0.4, 0.5) is 0 Å². The molecule has 4 rings (SSSR count). The van der Waals surface area contributed by atoms with Gasteiger partial charge in [0.05, 0.1) is 22.6 Å². The molecule has 0 radical (unpaired) electrons. The maximum absolute atomic E-state index is 14.5. The van der Waals surface area contributed by atoms with Gasteiger partial charge in [0.15, 0.2) is 16.2 Å². The Hall–Kier alpha value is -2.09. The number of amides is 3. The van der Waals surface area contributed by atoms with Crippen molar-refractivity contribution in [2.75, 3.05) is 12.3 Å². The van der Waals surface area contributed by atoms with E-state index in [1.54, 1.807) is 25.7 Å². The van der Waals surface area contributed by atoms with Gasteiger partial charge in [-0.3, -0.25) is 29.8 Å². The maximum atomic E-state index is 14.5. The van der Waals surface area contributed by atoms with Crippen LogP contribution in [-0.4, -0.2) is 95.0 Å². The molecule has 5 N–H and O–H groups in total. The van der Waals surface area contributed by atoms with E-state index in [1.165, 1.54) is 0 Å². The van der Waals surface area contributed by atoms with Crippen molar-refractivity contribution in [3.63, 3.8) is 0 Å². The highest BCUT2D eigenvalue weighted by Crippen LogP contribution is 2.36. The van der Waals surface area contributed by atoms with E-state index in [0.717, 1.165) is 51.4 Å². The van der Waals surface area contributed by atoms with Crippen LogP contribution in [0.25, 0.3) is 0 Å². The summed E-state index contributed by atoms with van der Waals surface area (Å²) in [6, 6.07) is -2.74. The average molecular weight is 724 g/mol. The molecule has 0 bridgehead atoms. The number of hydrogen-bond donors (Lipinski definition) is 5. The fraction of sp³-hybridized carbons (Fsp3) is 0.892. The van der Waals surface area contributed by atoms with Gasteiger partial charge in [-0.2, -0.15) is 0 Å². The molecule has 1 unspecified atom stereocenters. The summed E-state index contributed by atoms with van der Waals surface area (Å²) in [5, 5.41) is 23.4. The van der Waals surface area contributed by atoms with Crippen molar-refractivity contribution < 1.29 is 32.7 Å². The lowest BCUT2D eigenvalue weighted by molar-refractivity contribution is -0.146. The first-order chi connectivity index (χ1) is 23.1. The van der Waals surface area contributed by atoms with Crippen molar-refractivity contribution in [2.45, 2.75) is 173 Å². The predicted molar refractivity (Wildman–Crippen MR) is 193 cm³/mol. The molecular weight excluding hydrogens is 659 g/mol. The number of aliphatic hydroxyl groups is 1. The van der Waals surface area contributed by atoms with Crippen LogP contribution in [0.2, 0.25) is 0 Å². The minimum Gasteiger partial charge on any atom is -0.365 e. The molecular formula is C37H65N5O7S. The number of hydrogen-bond acceptors (Lipinski definition) is 9. The van der Waals surface area contributed by atoms with Gasteiger partial charge in [0.1, 0.15) is 6.04 Å². The van der Waals surface area contributed by atoms with Crippen LogP contribution in [0.1, 0.15) is 132 Å². The van der Waals surface area contributed by atoms with Gasteiger partial charge in [0.2, 0.25) is 17.6 Å². The van der Waals surface area contributed by atoms with Crippen molar-refractivity contribution in [2.24, 2.45) is 23.2 Å². The Bertz CT molecular complexity index is 1340. The van der Waals surface area contributed by atoms with Gasteiger partial charge in [-0.05, 0) is 88.9 Å². The van der Waals surface area contributed by atoms with Gasteiger partial charge in [0.25, 0.3) is 5.91 Å². The molecule has 3 amide bonds. The van der Waals surface area contributed by atoms with Crippen LogP contribution in [-0.2, 0) is 29.0 Å². The molecule has 0 aromatic carbocycles. The summed E-state index contributed by atoms with van der Waals surface area (Å²) >= 11 is 0. The van der Waals surface area contributed by atoms with Crippen molar-refractivity contribution in [1.82, 2.24) is 26.2 Å². The molecule has 3 aliphatic carbocycles. The second kappa shape index (κ2) is 15.9. The summed E-state index contributed by atoms with van der Waals surface area (Å²) in [6.07, 6.45) is 7.98. The lowest BCUT2D eigenvalue weighted by atomic mass is 9.83. The zero-order valence-electron chi connectivity index (χ0n) is 31.8. The second-order valence-corrected chi connectivity index (χ2v) is 20.8. The van der Waals surface area contributed by atoms with Gasteiger partial charge in [-0.1, -0.05) is 66.7 Å². The van der Waals surface area contributed by atoms with Gasteiger partial charge < -0.3 is 20.6 Å². The number of carbonyl (C=O) groups is 4. The molecule has 5 atom stereocenters. The van der Waals surface area contributed by atoms with E-state index in [1.807, 2.05) is 34.6 Å². The summed E-state index contributed by atoms with van der Waals surface area (Å²) < 4.78 is 25.8. The predicted octanol–water partition coefficient (Wildman–Crippen LogP) is 3.17. The summed E-state index contributed by atoms with van der Waals surface area (Å²) in [5.74, 6) is -1.84. The van der Waals surface area contributed by atoms with Gasteiger partial charge in [-0.15, -0.1) is 0 Å². The normalized spacial score (nSPS) is 24.8. The molecule has 4 aliphatic rings. The summed E-state index contributed by atoms with van der Waals surface area (Å²) in [6.45, 7) is 15.0. The standard InChI is InChI=1S/C37H65N5O7S/c1-23(2)26-18-21-42(28(26)31(44)39-27(17-14-24-12-13-24)29(43)32(45)38-25-15-16-25)33(46)30(35(3,4)5)40-34(47)41-37(19-10-9-11-20-37)22-50(48,49)36(6,7)8/h23-28,30,34,40-41,47H,9-22H2,1-8H3,(H,38,45)(H,39,44)/t26-,27+,28+,30-,34?/m1/s1. The number of rotatable bonds is 16. The van der Waals surface area contributed by atoms with Crippen molar-refractivity contribution in [3.8, 4) is 0 Å². The number of Topliss-reactive ketones (excluding diaryl/α,β-unsaturated/α-hetero) is 1. The van der Waals surface area contributed by atoms with Crippen LogP contribution in [0, 0.1) is 23.2 Å². The average Bonchev–Trinajstić information content (AvgIpc) is 3.94. The minimum atomic E-state index is -3.52. The van der Waals surface area contributed by atoms with Crippen molar-refractivity contribution in [3.05, 3.63) is 0 Å². The third-order valence-corrected chi connectivity index (χ3v) is 14.1. The molecule has 0 spiro atoms. The molecule has 0 aromatic heterocycles. The zero-order chi connectivity index (χ0) is 37.2. The number of nitrogens with zero attached hydrogens (tertiary/aromatic N) is 1. The smallest absolute Gasteiger partial charge is 0.289 e. The monoisotopic (exact) mass is 723 g/mol. The summed E-state index contributed by atoms with van der Waals surface area (Å²) in [7, 11) is -3.52. The number of ketones is 1. The van der Waals surface area contributed by atoms with Gasteiger partial charge in [-0.25, -0.2) is 8.42 Å². The molecule has 1 heterocycles. The highest BCUT2D eigenvalue weighted by molar-refractivity contribution is 7.92. The lowest BCUT2D eigenvalue weighted by Crippen LogP contribution is -2.66. The first-order valence-electron chi connectivity index (χ1n) is 19.0. The number of likely N-dealkylation sites (tertiary alicyclic amines) is 1. The fourth-order valence-corrected chi connectivity index (χ4v) is 9.09. The van der Waals surface area contributed by atoms with E-state index in [2.05, 4.69) is 21.3 Å². The molecule has 1 saturated heterocycles. The van der Waals surface area contributed by atoms with Crippen molar-refractivity contribution in [1.29, 1.82) is 0 Å². The minimum absolute atomic E-state index is 0.0158. The van der Waals surface area contributed by atoms with E-state index >= 15 is 0 Å². The lowest BCUT2D eigenvalue weighted by Gasteiger charge is -2.43. The van der Waals surface area contributed by atoms with Crippen LogP contribution < -0.4 is 21.3 Å². The van der Waals surface area contributed by atoms with Crippen LogP contribution >= 0.6 is 0 Å². The Morgan fingerprint density at radius 1 is 0.920 bits per heavy atom. The van der Waals surface area contributed by atoms with Crippen molar-refractivity contribution >= 4 is 33.3 Å². The van der Waals surface area contributed by atoms with E-state index < -0.39 is 67.6 Å². The number of nitrogens with one attached hydrogen (secondary N) is 4. The van der Waals surface area contributed by atoms with Crippen LogP contribution in [0.15, 0.2) is 0 Å². The molecule has 3 saturated carbocycles. The highest BCUT2D eigenvalue weighted by atomic mass is 32.2. The SMILES string of the molecule is CC(C)[C@H]1CCN(C(=O)[C@@H](NC(O)NC2(CS(=O)(=O)C(C)(C)C)CCCCC2)C(C)(C)C)[C@@H]1C(=O)N[C@@H](CCC1CC1)C(=O)C(=O)NC1CC1. The molecule has 1 aliphatic heterocycles. The van der Waals surface area contributed by atoms with E-state index in [0.29, 0.717) is 38.1 Å². The van der Waals surface area contributed by atoms with Crippen LogP contribution in [0.5, 0.6) is 0 Å². The van der Waals surface area contributed by atoms with Crippen LogP contribution in [0.3, 0.4) is 0 Å². The molecule has 0 aromatic rings. The third-order valence-electron chi connectivity index (χ3n) is 11.3. The first kappa shape index (κ1) is 40.7. The number of carbonyl (C=O) groups excluding carboxylic acids is 4. The fourth-order valence-electron chi connectivity index (χ4n) is 7.56. The largest absolute Gasteiger partial charge is 0.365 e. The molecule has 286 valence electrons. The topological polar surface area (TPSA) is 174 Å². The Labute approximate surface area is 300 Å². The van der Waals surface area contributed by atoms with E-state index in [4.69, 9.17) is 0 Å². The quantitative estimate of drug-likeness (QED) is 0.118. The molecule has 12 nitrogen and oxygen atoms in total. The Morgan fingerprint density at radius 3 is 2.06 bits per heavy atom. The summed E-state index contributed by atoms with van der Waals surface area (Å²) in [4.78, 5) is 56.4. The first-order valence-corrected chi connectivity index (χ1v) is 20.7. The zero-order valence-corrected chi connectivity index (χ0v) is 32.6. The van der Waals surface area contributed by atoms with Gasteiger partial charge >= 0.3 is 0 Å². The second-order valence-electron chi connectivity index (χ2n) is 18.1. The van der Waals surface area contributed by atoms with E-state index in [-0.39, 0.29) is 29.5 Å². The maximum Gasteiger partial charge on any atom is 0.289 e.